The molecule has 0 aliphatic carbocycles. The van der Waals surface area contributed by atoms with Crippen molar-refractivity contribution in [2.24, 2.45) is 5.41 Å². The van der Waals surface area contributed by atoms with E-state index in [1.807, 2.05) is 6.92 Å². The van der Waals surface area contributed by atoms with E-state index in [2.05, 4.69) is 0 Å². The summed E-state index contributed by atoms with van der Waals surface area (Å²) in [5.41, 5.74) is -0.991. The van der Waals surface area contributed by atoms with Gasteiger partial charge in [-0.3, -0.25) is 4.18 Å². The van der Waals surface area contributed by atoms with E-state index in [-0.39, 0.29) is 25.4 Å². The molecule has 0 N–H and O–H groups in total. The number of carbonyl (C=O) groups excluding carboxylic acids is 1. The fourth-order valence-electron chi connectivity index (χ4n) is 2.63. The Balaban J connectivity index is 2.63. The molecule has 0 saturated carbocycles. The first-order chi connectivity index (χ1) is 14.9. The maximum absolute atomic E-state index is 12.3. The fraction of sp³-hybridized carbons (Fsp3) is 0.667. The summed E-state index contributed by atoms with van der Waals surface area (Å²) in [7, 11) is -7.98. The molecule has 0 aliphatic heterocycles. The van der Waals surface area contributed by atoms with Gasteiger partial charge in [-0.25, -0.2) is 4.79 Å². The van der Waals surface area contributed by atoms with E-state index in [9.17, 15) is 21.6 Å². The Kier molecular flexibility index (Phi) is 11.6. The molecular weight excluding hydrogens is 460 g/mol. The van der Waals surface area contributed by atoms with E-state index in [1.54, 1.807) is 39.0 Å². The van der Waals surface area contributed by atoms with Crippen LogP contribution in [-0.2, 0) is 38.7 Å². The summed E-state index contributed by atoms with van der Waals surface area (Å²) in [5.74, 6) is -1.43. The number of unbranched alkanes of at least 4 members (excludes halogenated alkanes) is 1. The molecule has 0 saturated heterocycles. The Hall–Kier alpha value is -1.69. The quantitative estimate of drug-likeness (QED) is 0.194. The molecule has 1 aromatic carbocycles. The van der Waals surface area contributed by atoms with Crippen molar-refractivity contribution in [2.75, 3.05) is 31.3 Å². The third-order valence-electron chi connectivity index (χ3n) is 4.36. The molecule has 0 spiro atoms. The molecule has 0 radical (unpaired) electrons. The molecule has 0 unspecified atom stereocenters. The van der Waals surface area contributed by atoms with Gasteiger partial charge in [-0.05, 0) is 31.9 Å². The molecule has 32 heavy (non-hydrogen) atoms. The van der Waals surface area contributed by atoms with Gasteiger partial charge >= 0.3 is 16.1 Å². The predicted octanol–water partition coefficient (Wildman–Crippen LogP) is 2.91. The van der Waals surface area contributed by atoms with Gasteiger partial charge in [0.05, 0.1) is 24.7 Å². The normalized spacial score (nSPS) is 13.5. The SMILES string of the molecule is CCCCO[C@@H](C(=O)OCC)C(C)(C)COS(=O)(=O)CCCS(=O)(=O)Oc1ccccc1. The standard InChI is InChI=1S/C21H34O9S2/c1-5-7-14-28-19(20(22)27-6-2)21(3,4)17-29-31(23,24)15-11-16-32(25,26)30-18-12-9-8-10-13-18/h8-10,12-13,19H,5-7,11,14-17H2,1-4H3/t19-/m0/s1. The van der Waals surface area contributed by atoms with Crippen LogP contribution in [0.1, 0.15) is 47.0 Å². The summed E-state index contributed by atoms with van der Waals surface area (Å²) in [6, 6.07) is 7.94. The lowest BCUT2D eigenvalue weighted by Crippen LogP contribution is -2.43. The largest absolute Gasteiger partial charge is 0.464 e. The zero-order valence-corrected chi connectivity index (χ0v) is 20.7. The summed E-state index contributed by atoms with van der Waals surface area (Å²) in [5, 5.41) is 0. The Labute approximate surface area is 191 Å². The smallest absolute Gasteiger partial charge is 0.335 e. The zero-order valence-electron chi connectivity index (χ0n) is 19.1. The average molecular weight is 495 g/mol. The minimum atomic E-state index is -4.03. The lowest BCUT2D eigenvalue weighted by atomic mass is 9.87. The third kappa shape index (κ3) is 10.8. The van der Waals surface area contributed by atoms with Gasteiger partial charge in [0.1, 0.15) is 5.75 Å². The van der Waals surface area contributed by atoms with Gasteiger partial charge in [0.2, 0.25) is 0 Å². The van der Waals surface area contributed by atoms with Crippen LogP contribution in [0, 0.1) is 5.41 Å². The van der Waals surface area contributed by atoms with E-state index < -0.39 is 49.2 Å². The van der Waals surface area contributed by atoms with Crippen LogP contribution in [-0.4, -0.2) is 60.2 Å². The summed E-state index contributed by atoms with van der Waals surface area (Å²) in [4.78, 5) is 12.3. The van der Waals surface area contributed by atoms with Crippen LogP contribution in [0.3, 0.4) is 0 Å². The number of hydrogen-bond donors (Lipinski definition) is 0. The third-order valence-corrected chi connectivity index (χ3v) is 6.86. The molecule has 1 rings (SSSR count). The zero-order chi connectivity index (χ0) is 24.3. The predicted molar refractivity (Wildman–Crippen MR) is 120 cm³/mol. The van der Waals surface area contributed by atoms with Crippen LogP contribution in [0.15, 0.2) is 30.3 Å². The van der Waals surface area contributed by atoms with Crippen molar-refractivity contribution >= 4 is 26.2 Å². The second-order valence-electron chi connectivity index (χ2n) is 7.88. The first kappa shape index (κ1) is 28.3. The van der Waals surface area contributed by atoms with Crippen LogP contribution in [0.25, 0.3) is 0 Å². The molecule has 0 bridgehead atoms. The van der Waals surface area contributed by atoms with Crippen molar-refractivity contribution in [3.63, 3.8) is 0 Å². The second kappa shape index (κ2) is 13.1. The average Bonchev–Trinajstić information content (AvgIpc) is 2.70. The Morgan fingerprint density at radius 3 is 2.19 bits per heavy atom. The van der Waals surface area contributed by atoms with Crippen molar-refractivity contribution in [1.82, 2.24) is 0 Å². The summed E-state index contributed by atoms with van der Waals surface area (Å²) < 4.78 is 69.4. The number of benzene rings is 1. The first-order valence-corrected chi connectivity index (χ1v) is 13.7. The molecule has 0 fully saturated rings. The monoisotopic (exact) mass is 494 g/mol. The fourth-order valence-corrected chi connectivity index (χ4v) is 4.90. The van der Waals surface area contributed by atoms with Crippen molar-refractivity contribution in [1.29, 1.82) is 0 Å². The van der Waals surface area contributed by atoms with E-state index in [0.717, 1.165) is 12.8 Å². The molecule has 11 heteroatoms. The summed E-state index contributed by atoms with van der Waals surface area (Å²) >= 11 is 0. The van der Waals surface area contributed by atoms with Crippen molar-refractivity contribution in [3.8, 4) is 5.75 Å². The minimum Gasteiger partial charge on any atom is -0.464 e. The second-order valence-corrected chi connectivity index (χ2v) is 11.3. The molecule has 0 aliphatic rings. The molecule has 0 amide bonds. The topological polar surface area (TPSA) is 122 Å². The number of carbonyl (C=O) groups is 1. The van der Waals surface area contributed by atoms with Crippen LogP contribution in [0.4, 0.5) is 0 Å². The van der Waals surface area contributed by atoms with Crippen LogP contribution in [0.2, 0.25) is 0 Å². The highest BCUT2D eigenvalue weighted by molar-refractivity contribution is 7.87. The maximum Gasteiger partial charge on any atom is 0.335 e. The van der Waals surface area contributed by atoms with Gasteiger partial charge in [0, 0.05) is 12.0 Å². The molecule has 9 nitrogen and oxygen atoms in total. The summed E-state index contributed by atoms with van der Waals surface area (Å²) in [6.07, 6.45) is 0.415. The Morgan fingerprint density at radius 1 is 0.969 bits per heavy atom. The highest BCUT2D eigenvalue weighted by Gasteiger charge is 2.39. The Morgan fingerprint density at radius 2 is 1.59 bits per heavy atom. The molecule has 1 atom stereocenters. The van der Waals surface area contributed by atoms with Crippen molar-refractivity contribution < 1.29 is 39.5 Å². The molecular formula is C21H34O9S2. The molecule has 1 aromatic rings. The molecule has 0 aromatic heterocycles. The highest BCUT2D eigenvalue weighted by atomic mass is 32.2. The highest BCUT2D eigenvalue weighted by Crippen LogP contribution is 2.26. The van der Waals surface area contributed by atoms with Gasteiger partial charge in [-0.15, -0.1) is 0 Å². The number of esters is 1. The lowest BCUT2D eigenvalue weighted by molar-refractivity contribution is -0.167. The van der Waals surface area contributed by atoms with Gasteiger partial charge in [0.15, 0.2) is 6.10 Å². The first-order valence-electron chi connectivity index (χ1n) is 10.5. The van der Waals surface area contributed by atoms with E-state index in [4.69, 9.17) is 17.8 Å². The number of rotatable bonds is 16. The van der Waals surface area contributed by atoms with E-state index in [1.165, 1.54) is 12.1 Å². The van der Waals surface area contributed by atoms with Gasteiger partial charge in [-0.1, -0.05) is 45.4 Å². The van der Waals surface area contributed by atoms with E-state index in [0.29, 0.717) is 6.61 Å². The van der Waals surface area contributed by atoms with Crippen molar-refractivity contribution in [3.05, 3.63) is 30.3 Å². The summed E-state index contributed by atoms with van der Waals surface area (Å²) in [6.45, 7) is 7.12. The van der Waals surface area contributed by atoms with Crippen molar-refractivity contribution in [2.45, 2.75) is 53.1 Å². The van der Waals surface area contributed by atoms with Gasteiger partial charge in [-0.2, -0.15) is 16.8 Å². The van der Waals surface area contributed by atoms with Crippen LogP contribution in [0.5, 0.6) is 5.75 Å². The minimum absolute atomic E-state index is 0.154. The van der Waals surface area contributed by atoms with Gasteiger partial charge < -0.3 is 13.7 Å². The van der Waals surface area contributed by atoms with Crippen LogP contribution < -0.4 is 4.18 Å². The number of ether oxygens (including phenoxy) is 2. The van der Waals surface area contributed by atoms with Gasteiger partial charge in [0.25, 0.3) is 10.1 Å². The lowest BCUT2D eigenvalue weighted by Gasteiger charge is -2.31. The number of hydrogen-bond acceptors (Lipinski definition) is 9. The van der Waals surface area contributed by atoms with E-state index >= 15 is 0 Å². The Bertz CT molecular complexity index is 894. The molecule has 184 valence electrons. The van der Waals surface area contributed by atoms with Crippen LogP contribution >= 0.6 is 0 Å². The molecule has 0 heterocycles. The maximum atomic E-state index is 12.3. The number of para-hydroxylation sites is 1.